The number of benzene rings is 2. The van der Waals surface area contributed by atoms with Gasteiger partial charge in [0.05, 0.1) is 16.9 Å². The summed E-state index contributed by atoms with van der Waals surface area (Å²) < 4.78 is 16.7. The number of pyridine rings is 1. The second-order valence-electron chi connectivity index (χ2n) is 8.22. The average Bonchev–Trinajstić information content (AvgIpc) is 3.34. The van der Waals surface area contributed by atoms with Gasteiger partial charge in [-0.05, 0) is 49.5 Å². The number of fused-ring (bicyclic) bond motifs is 1. The quantitative estimate of drug-likeness (QED) is 0.470. The molecule has 3 heterocycles. The van der Waals surface area contributed by atoms with Crippen LogP contribution < -0.4 is 10.5 Å². The maximum absolute atomic E-state index is 14.8. The molecule has 0 radical (unpaired) electrons. The van der Waals surface area contributed by atoms with Crippen LogP contribution in [0.5, 0.6) is 5.88 Å². The lowest BCUT2D eigenvalue weighted by atomic mass is 10.1. The molecule has 1 saturated heterocycles. The van der Waals surface area contributed by atoms with Gasteiger partial charge in [-0.15, -0.1) is 0 Å². The zero-order chi connectivity index (χ0) is 22.9. The van der Waals surface area contributed by atoms with Gasteiger partial charge in [0.25, 0.3) is 5.56 Å². The normalized spacial score (nSPS) is 15.0. The number of anilines is 1. The Morgan fingerprint density at radius 3 is 2.52 bits per heavy atom. The Hall–Kier alpha value is -3.91. The first-order valence-electron chi connectivity index (χ1n) is 10.8. The number of rotatable bonds is 4. The lowest BCUT2D eigenvalue weighted by Gasteiger charge is -2.34. The predicted octanol–water partition coefficient (Wildman–Crippen LogP) is 3.67. The lowest BCUT2D eigenvalue weighted by Crippen LogP contribution is -2.44. The van der Waals surface area contributed by atoms with Crippen LogP contribution in [0.15, 0.2) is 70.7 Å². The molecule has 4 aromatic rings. The van der Waals surface area contributed by atoms with Gasteiger partial charge in [0.1, 0.15) is 5.82 Å². The van der Waals surface area contributed by atoms with Crippen molar-refractivity contribution in [3.05, 3.63) is 82.7 Å². The highest BCUT2D eigenvalue weighted by molar-refractivity contribution is 6.02. The van der Waals surface area contributed by atoms with Gasteiger partial charge >= 0.3 is 0 Å². The molecule has 0 aliphatic carbocycles. The zero-order valence-corrected chi connectivity index (χ0v) is 18.2. The molecule has 2 N–H and O–H groups in total. The van der Waals surface area contributed by atoms with Crippen molar-refractivity contribution >= 4 is 28.4 Å². The Morgan fingerprint density at radius 2 is 1.79 bits per heavy atom. The maximum atomic E-state index is 14.8. The smallest absolute Gasteiger partial charge is 0.258 e. The number of H-pyrrole nitrogens is 1. The summed E-state index contributed by atoms with van der Waals surface area (Å²) in [6.45, 7) is 3.33. The summed E-state index contributed by atoms with van der Waals surface area (Å²) in [4.78, 5) is 23.4. The molecule has 2 aromatic heterocycles. The number of aliphatic imine (C=N–C) groups is 1. The molecule has 7 nitrogen and oxygen atoms in total. The highest BCUT2D eigenvalue weighted by Crippen LogP contribution is 2.27. The first kappa shape index (κ1) is 21.0. The van der Waals surface area contributed by atoms with Gasteiger partial charge in [-0.3, -0.25) is 14.8 Å². The van der Waals surface area contributed by atoms with Crippen molar-refractivity contribution in [1.82, 2.24) is 14.5 Å². The minimum atomic E-state index is -0.388. The molecule has 0 spiro atoms. The first-order valence-corrected chi connectivity index (χ1v) is 10.8. The van der Waals surface area contributed by atoms with Crippen LogP contribution in [0.4, 0.5) is 15.8 Å². The van der Waals surface area contributed by atoms with E-state index in [-0.39, 0.29) is 17.3 Å². The van der Waals surface area contributed by atoms with E-state index in [4.69, 9.17) is 0 Å². The van der Waals surface area contributed by atoms with Crippen molar-refractivity contribution in [2.45, 2.75) is 0 Å². The number of likely N-dealkylation sites (N-methyl/N-ethyl adjacent to an activating group) is 1. The Labute approximate surface area is 190 Å². The second-order valence-corrected chi connectivity index (χ2v) is 8.22. The Balaban J connectivity index is 1.49. The fraction of sp³-hybridized carbons (Fsp3) is 0.200. The molecule has 1 aliphatic heterocycles. The minimum absolute atomic E-state index is 0.282. The van der Waals surface area contributed by atoms with Crippen molar-refractivity contribution < 1.29 is 9.50 Å². The lowest BCUT2D eigenvalue weighted by molar-refractivity contribution is 0.311. The summed E-state index contributed by atoms with van der Waals surface area (Å²) in [6, 6.07) is 14.1. The summed E-state index contributed by atoms with van der Waals surface area (Å²) in [7, 11) is 2.06. The second kappa shape index (κ2) is 8.55. The van der Waals surface area contributed by atoms with Crippen LogP contribution in [-0.4, -0.2) is 59.0 Å². The number of nitrogens with one attached hydrogen (secondary N) is 1. The zero-order valence-electron chi connectivity index (χ0n) is 18.2. The predicted molar refractivity (Wildman–Crippen MR) is 129 cm³/mol. The van der Waals surface area contributed by atoms with Crippen LogP contribution in [0.3, 0.4) is 0 Å². The van der Waals surface area contributed by atoms with Crippen molar-refractivity contribution in [2.75, 3.05) is 38.1 Å². The standard InChI is InChI=1S/C25H24FN5O2/c1-29-10-12-31(13-11-29)23-7-4-17(14-22(23)26)27-16-21-20-15-18(30-8-2-3-9-30)5-6-19(20)24(32)28-25(21)33/h2-9,14-16H,10-13H2,1H3,(H2,28,32,33). The number of aromatic amines is 1. The van der Waals surface area contributed by atoms with E-state index in [0.29, 0.717) is 27.7 Å². The molecule has 1 aliphatic rings. The van der Waals surface area contributed by atoms with Gasteiger partial charge in [0, 0.05) is 67.3 Å². The summed E-state index contributed by atoms with van der Waals surface area (Å²) >= 11 is 0. The van der Waals surface area contributed by atoms with Crippen molar-refractivity contribution in [1.29, 1.82) is 0 Å². The Bertz CT molecular complexity index is 1390. The van der Waals surface area contributed by atoms with Crippen LogP contribution in [0.25, 0.3) is 16.5 Å². The maximum Gasteiger partial charge on any atom is 0.258 e. The largest absolute Gasteiger partial charge is 0.494 e. The van der Waals surface area contributed by atoms with E-state index in [1.807, 2.05) is 46.1 Å². The van der Waals surface area contributed by atoms with Gasteiger partial charge in [0.15, 0.2) is 0 Å². The third-order valence-electron chi connectivity index (χ3n) is 6.05. The highest BCUT2D eigenvalue weighted by atomic mass is 19.1. The summed E-state index contributed by atoms with van der Waals surface area (Å²) in [5.74, 6) is -0.616. The van der Waals surface area contributed by atoms with Crippen LogP contribution in [0.1, 0.15) is 5.56 Å². The summed E-state index contributed by atoms with van der Waals surface area (Å²) in [5, 5.41) is 11.4. The molecular formula is C25H24FN5O2. The molecule has 0 unspecified atom stereocenters. The molecule has 0 amide bonds. The topological polar surface area (TPSA) is 76.9 Å². The fourth-order valence-electron chi connectivity index (χ4n) is 4.14. The van der Waals surface area contributed by atoms with E-state index in [1.54, 1.807) is 18.2 Å². The van der Waals surface area contributed by atoms with E-state index in [0.717, 1.165) is 31.9 Å². The number of piperazine rings is 1. The number of hydrogen-bond acceptors (Lipinski definition) is 5. The van der Waals surface area contributed by atoms with E-state index in [2.05, 4.69) is 21.9 Å². The minimum Gasteiger partial charge on any atom is -0.494 e. The molecule has 5 rings (SSSR count). The highest BCUT2D eigenvalue weighted by Gasteiger charge is 2.17. The molecule has 0 saturated carbocycles. The van der Waals surface area contributed by atoms with Gasteiger partial charge in [0.2, 0.25) is 5.88 Å². The molecule has 0 atom stereocenters. The van der Waals surface area contributed by atoms with E-state index in [9.17, 15) is 14.3 Å². The van der Waals surface area contributed by atoms with Gasteiger partial charge in [-0.25, -0.2) is 4.39 Å². The van der Waals surface area contributed by atoms with E-state index in [1.165, 1.54) is 12.3 Å². The summed E-state index contributed by atoms with van der Waals surface area (Å²) in [6.07, 6.45) is 5.25. The molecule has 168 valence electrons. The number of hydrogen-bond donors (Lipinski definition) is 2. The number of aromatic nitrogens is 2. The monoisotopic (exact) mass is 445 g/mol. The molecule has 1 fully saturated rings. The molecular weight excluding hydrogens is 421 g/mol. The van der Waals surface area contributed by atoms with Crippen molar-refractivity contribution in [2.24, 2.45) is 4.99 Å². The molecule has 0 bridgehead atoms. The molecule has 33 heavy (non-hydrogen) atoms. The third kappa shape index (κ3) is 4.12. The number of nitrogens with zero attached hydrogens (tertiary/aromatic N) is 4. The summed E-state index contributed by atoms with van der Waals surface area (Å²) in [5.41, 5.74) is 1.81. The number of halogens is 1. The van der Waals surface area contributed by atoms with Crippen LogP contribution in [0, 0.1) is 5.82 Å². The Morgan fingerprint density at radius 1 is 1.03 bits per heavy atom. The Kier molecular flexibility index (Phi) is 5.43. The fourth-order valence-corrected chi connectivity index (χ4v) is 4.14. The van der Waals surface area contributed by atoms with E-state index >= 15 is 0 Å². The van der Waals surface area contributed by atoms with E-state index < -0.39 is 0 Å². The van der Waals surface area contributed by atoms with Crippen LogP contribution in [0.2, 0.25) is 0 Å². The van der Waals surface area contributed by atoms with Gasteiger partial charge in [-0.2, -0.15) is 0 Å². The van der Waals surface area contributed by atoms with Gasteiger partial charge < -0.3 is 19.5 Å². The molecule has 8 heteroatoms. The van der Waals surface area contributed by atoms with Crippen LogP contribution in [-0.2, 0) is 0 Å². The third-order valence-corrected chi connectivity index (χ3v) is 6.05. The first-order chi connectivity index (χ1) is 16.0. The molecule has 2 aromatic carbocycles. The average molecular weight is 445 g/mol. The SMILES string of the molecule is CN1CCN(c2ccc(N=Cc3c(O)[nH]c(=O)c4ccc(-n5cccc5)cc34)cc2F)CC1. The van der Waals surface area contributed by atoms with Crippen molar-refractivity contribution in [3.8, 4) is 11.6 Å². The van der Waals surface area contributed by atoms with Crippen molar-refractivity contribution in [3.63, 3.8) is 0 Å². The van der Waals surface area contributed by atoms with Crippen LogP contribution >= 0.6 is 0 Å². The number of aromatic hydroxyl groups is 1. The van der Waals surface area contributed by atoms with Gasteiger partial charge in [-0.1, -0.05) is 0 Å².